The van der Waals surface area contributed by atoms with Crippen molar-refractivity contribution < 1.29 is 9.90 Å². The molecular formula is C17H18N2O2. The molecule has 108 valence electrons. The highest BCUT2D eigenvalue weighted by molar-refractivity contribution is 6.06. The van der Waals surface area contributed by atoms with Gasteiger partial charge in [0.2, 0.25) is 0 Å². The number of hydrogen-bond donors (Lipinski definition) is 3. The van der Waals surface area contributed by atoms with Crippen LogP contribution >= 0.6 is 0 Å². The maximum absolute atomic E-state index is 12.3. The molecule has 4 nitrogen and oxygen atoms in total. The molecule has 4 heteroatoms. The van der Waals surface area contributed by atoms with Crippen molar-refractivity contribution in [2.45, 2.75) is 19.8 Å². The van der Waals surface area contributed by atoms with E-state index in [-0.39, 0.29) is 11.7 Å². The van der Waals surface area contributed by atoms with Crippen LogP contribution in [0.2, 0.25) is 0 Å². The lowest BCUT2D eigenvalue weighted by atomic mass is 10.0. The van der Waals surface area contributed by atoms with Crippen molar-refractivity contribution in [1.82, 2.24) is 0 Å². The molecule has 0 spiro atoms. The lowest BCUT2D eigenvalue weighted by molar-refractivity contribution is 0.102. The average Bonchev–Trinajstić information content (AvgIpc) is 2.49. The number of phenolic OH excluding ortho intramolecular Hbond substituents is 1. The molecule has 0 fully saturated rings. The molecule has 2 aromatic rings. The largest absolute Gasteiger partial charge is 0.507 e. The minimum absolute atomic E-state index is 0.00210. The predicted molar refractivity (Wildman–Crippen MR) is 84.0 cm³/mol. The number of phenols is 1. The molecule has 1 aliphatic heterocycles. The van der Waals surface area contributed by atoms with E-state index in [1.54, 1.807) is 18.2 Å². The summed E-state index contributed by atoms with van der Waals surface area (Å²) in [6.07, 6.45) is 2.12. The van der Waals surface area contributed by atoms with Crippen LogP contribution in [-0.4, -0.2) is 17.6 Å². The second-order valence-electron chi connectivity index (χ2n) is 5.38. The van der Waals surface area contributed by atoms with E-state index in [2.05, 4.69) is 10.6 Å². The summed E-state index contributed by atoms with van der Waals surface area (Å²) in [7, 11) is 0. The fourth-order valence-electron chi connectivity index (χ4n) is 2.58. The smallest absolute Gasteiger partial charge is 0.259 e. The highest BCUT2D eigenvalue weighted by Crippen LogP contribution is 2.26. The second kappa shape index (κ2) is 5.48. The molecule has 0 unspecified atom stereocenters. The molecule has 1 amide bonds. The fraction of sp³-hybridized carbons (Fsp3) is 0.235. The zero-order valence-electron chi connectivity index (χ0n) is 11.9. The van der Waals surface area contributed by atoms with Gasteiger partial charge in [-0.3, -0.25) is 4.79 Å². The van der Waals surface area contributed by atoms with Crippen molar-refractivity contribution in [3.05, 3.63) is 53.1 Å². The van der Waals surface area contributed by atoms with Crippen LogP contribution in [0, 0.1) is 6.92 Å². The van der Waals surface area contributed by atoms with Gasteiger partial charge in [-0.2, -0.15) is 0 Å². The van der Waals surface area contributed by atoms with E-state index in [4.69, 9.17) is 0 Å². The number of fused-ring (bicyclic) bond motifs is 1. The van der Waals surface area contributed by atoms with Crippen molar-refractivity contribution in [3.8, 4) is 5.75 Å². The van der Waals surface area contributed by atoms with E-state index in [1.165, 1.54) is 5.56 Å². The van der Waals surface area contributed by atoms with Gasteiger partial charge >= 0.3 is 0 Å². The first kappa shape index (κ1) is 13.5. The molecule has 0 aromatic heterocycles. The topological polar surface area (TPSA) is 61.4 Å². The Kier molecular flexibility index (Phi) is 3.52. The van der Waals surface area contributed by atoms with E-state index in [0.29, 0.717) is 5.56 Å². The number of aromatic hydroxyl groups is 1. The molecule has 1 heterocycles. The van der Waals surface area contributed by atoms with Crippen LogP contribution in [0.15, 0.2) is 36.4 Å². The predicted octanol–water partition coefficient (Wildman–Crippen LogP) is 3.31. The first-order chi connectivity index (χ1) is 10.1. The van der Waals surface area contributed by atoms with Crippen molar-refractivity contribution in [2.24, 2.45) is 0 Å². The standard InChI is InChI=1S/C17H18N2O2/c1-11-4-7-16(20)14(9-11)17(21)19-13-5-6-15-12(10-13)3-2-8-18-15/h4-7,9-10,18,20H,2-3,8H2,1H3,(H,19,21). The van der Waals surface area contributed by atoms with Gasteiger partial charge in [-0.15, -0.1) is 0 Å². The monoisotopic (exact) mass is 282 g/mol. The summed E-state index contributed by atoms with van der Waals surface area (Å²) in [5, 5.41) is 16.0. The number of aryl methyl sites for hydroxylation is 2. The third-order valence-corrected chi connectivity index (χ3v) is 3.70. The van der Waals surface area contributed by atoms with Gasteiger partial charge < -0.3 is 15.7 Å². The first-order valence-electron chi connectivity index (χ1n) is 7.11. The van der Waals surface area contributed by atoms with Gasteiger partial charge in [0.05, 0.1) is 5.56 Å². The lowest BCUT2D eigenvalue weighted by Crippen LogP contribution is -2.15. The quantitative estimate of drug-likeness (QED) is 0.792. The Hall–Kier alpha value is -2.49. The summed E-state index contributed by atoms with van der Waals surface area (Å²) in [5.74, 6) is -0.294. The SMILES string of the molecule is Cc1ccc(O)c(C(=O)Nc2ccc3c(c2)CCCN3)c1. The summed E-state index contributed by atoms with van der Waals surface area (Å²) >= 11 is 0. The van der Waals surface area contributed by atoms with E-state index >= 15 is 0 Å². The van der Waals surface area contributed by atoms with E-state index in [9.17, 15) is 9.90 Å². The lowest BCUT2D eigenvalue weighted by Gasteiger charge is -2.19. The van der Waals surface area contributed by atoms with E-state index in [0.717, 1.165) is 36.3 Å². The minimum atomic E-state index is -0.292. The van der Waals surface area contributed by atoms with Crippen molar-refractivity contribution in [3.63, 3.8) is 0 Å². The molecule has 1 aliphatic rings. The normalized spacial score (nSPS) is 13.2. The van der Waals surface area contributed by atoms with Gasteiger partial charge in [-0.1, -0.05) is 11.6 Å². The summed E-state index contributed by atoms with van der Waals surface area (Å²) in [4.78, 5) is 12.3. The summed E-state index contributed by atoms with van der Waals surface area (Å²) < 4.78 is 0. The molecular weight excluding hydrogens is 264 g/mol. The molecule has 0 saturated carbocycles. The van der Waals surface area contributed by atoms with Crippen LogP contribution < -0.4 is 10.6 Å². The average molecular weight is 282 g/mol. The summed E-state index contributed by atoms with van der Waals surface area (Å²) in [5.41, 5.74) is 4.34. The van der Waals surface area contributed by atoms with E-state index < -0.39 is 0 Å². The Labute approximate surface area is 123 Å². The number of amides is 1. The maximum Gasteiger partial charge on any atom is 0.259 e. The van der Waals surface area contributed by atoms with Crippen molar-refractivity contribution >= 4 is 17.3 Å². The summed E-state index contributed by atoms with van der Waals surface area (Å²) in [6, 6.07) is 10.9. The number of carbonyl (C=O) groups is 1. The Morgan fingerprint density at radius 1 is 1.24 bits per heavy atom. The van der Waals surface area contributed by atoms with Crippen LogP contribution in [0.25, 0.3) is 0 Å². The van der Waals surface area contributed by atoms with Gasteiger partial charge in [-0.25, -0.2) is 0 Å². The van der Waals surface area contributed by atoms with Crippen LogP contribution in [-0.2, 0) is 6.42 Å². The number of carbonyl (C=O) groups excluding carboxylic acids is 1. The van der Waals surface area contributed by atoms with E-state index in [1.807, 2.05) is 25.1 Å². The summed E-state index contributed by atoms with van der Waals surface area (Å²) in [6.45, 7) is 2.89. The molecule has 3 N–H and O–H groups in total. The number of hydrogen-bond acceptors (Lipinski definition) is 3. The highest BCUT2D eigenvalue weighted by atomic mass is 16.3. The van der Waals surface area contributed by atoms with Crippen LogP contribution in [0.4, 0.5) is 11.4 Å². The molecule has 0 aliphatic carbocycles. The molecule has 0 atom stereocenters. The van der Waals surface area contributed by atoms with Crippen LogP contribution in [0.5, 0.6) is 5.75 Å². The molecule has 2 aromatic carbocycles. The van der Waals surface area contributed by atoms with Gasteiger partial charge in [0.15, 0.2) is 0 Å². The molecule has 3 rings (SSSR count). The number of nitrogens with one attached hydrogen (secondary N) is 2. The molecule has 0 saturated heterocycles. The van der Waals surface area contributed by atoms with Gasteiger partial charge in [0.25, 0.3) is 5.91 Å². The fourth-order valence-corrected chi connectivity index (χ4v) is 2.58. The second-order valence-corrected chi connectivity index (χ2v) is 5.38. The zero-order valence-corrected chi connectivity index (χ0v) is 11.9. The van der Waals surface area contributed by atoms with Gasteiger partial charge in [0, 0.05) is 17.9 Å². The molecule has 0 bridgehead atoms. The Morgan fingerprint density at radius 2 is 2.10 bits per heavy atom. The zero-order chi connectivity index (χ0) is 14.8. The van der Waals surface area contributed by atoms with Crippen molar-refractivity contribution in [2.75, 3.05) is 17.2 Å². The number of benzene rings is 2. The minimum Gasteiger partial charge on any atom is -0.507 e. The molecule has 21 heavy (non-hydrogen) atoms. The first-order valence-corrected chi connectivity index (χ1v) is 7.11. The highest BCUT2D eigenvalue weighted by Gasteiger charge is 2.13. The number of rotatable bonds is 2. The van der Waals surface area contributed by atoms with Gasteiger partial charge in [0.1, 0.15) is 5.75 Å². The Balaban J connectivity index is 1.83. The van der Waals surface area contributed by atoms with Crippen LogP contribution in [0.3, 0.4) is 0 Å². The third-order valence-electron chi connectivity index (χ3n) is 3.70. The number of anilines is 2. The van der Waals surface area contributed by atoms with Crippen molar-refractivity contribution in [1.29, 1.82) is 0 Å². The maximum atomic E-state index is 12.3. The third kappa shape index (κ3) is 2.84. The Bertz CT molecular complexity index is 695. The van der Waals surface area contributed by atoms with Gasteiger partial charge in [-0.05, 0) is 55.7 Å². The molecule has 0 radical (unpaired) electrons. The Morgan fingerprint density at radius 3 is 2.95 bits per heavy atom. The van der Waals surface area contributed by atoms with Crippen LogP contribution in [0.1, 0.15) is 27.9 Å².